The van der Waals surface area contributed by atoms with Gasteiger partial charge in [-0.15, -0.1) is 11.3 Å². The second-order valence-electron chi connectivity index (χ2n) is 7.10. The maximum absolute atomic E-state index is 12.2. The Kier molecular flexibility index (Phi) is 5.63. The van der Waals surface area contributed by atoms with E-state index in [0.29, 0.717) is 17.0 Å². The summed E-state index contributed by atoms with van der Waals surface area (Å²) in [6.07, 6.45) is 6.65. The van der Waals surface area contributed by atoms with E-state index in [0.717, 1.165) is 47.7 Å². The number of esters is 1. The third-order valence-corrected chi connectivity index (χ3v) is 6.38. The molecule has 0 spiro atoms. The van der Waals surface area contributed by atoms with Crippen molar-refractivity contribution in [3.8, 4) is 6.07 Å². The molecule has 1 aliphatic carbocycles. The summed E-state index contributed by atoms with van der Waals surface area (Å²) < 4.78 is 5.12. The lowest BCUT2D eigenvalue weighted by atomic mass is 9.96. The number of nitrogens with one attached hydrogen (secondary N) is 2. The van der Waals surface area contributed by atoms with Gasteiger partial charge in [-0.25, -0.2) is 0 Å². The number of carbonyl (C=O) groups excluding carboxylic acids is 2. The number of amides is 1. The Labute approximate surface area is 172 Å². The molecule has 4 rings (SSSR count). The highest BCUT2D eigenvalue weighted by atomic mass is 32.1. The van der Waals surface area contributed by atoms with Crippen LogP contribution in [0.1, 0.15) is 40.8 Å². The van der Waals surface area contributed by atoms with Gasteiger partial charge in [-0.3, -0.25) is 9.59 Å². The number of rotatable bonds is 6. The first-order chi connectivity index (χ1) is 14.2. The highest BCUT2D eigenvalue weighted by molar-refractivity contribution is 7.16. The quantitative estimate of drug-likeness (QED) is 0.602. The molecule has 0 atom stereocenters. The lowest BCUT2D eigenvalue weighted by Crippen LogP contribution is -2.21. The Bertz CT molecular complexity index is 1110. The Hall–Kier alpha value is -3.11. The number of nitriles is 1. The molecule has 0 fully saturated rings. The van der Waals surface area contributed by atoms with Crippen LogP contribution in [0.3, 0.4) is 0 Å². The number of hydrogen-bond acceptors (Lipinski definition) is 5. The number of fused-ring (bicyclic) bond motifs is 2. The molecular weight excluding hydrogens is 386 g/mol. The van der Waals surface area contributed by atoms with Crippen molar-refractivity contribution >= 4 is 39.1 Å². The van der Waals surface area contributed by atoms with E-state index in [9.17, 15) is 14.9 Å². The summed E-state index contributed by atoms with van der Waals surface area (Å²) >= 11 is 1.46. The highest BCUT2D eigenvalue weighted by Crippen LogP contribution is 2.37. The summed E-state index contributed by atoms with van der Waals surface area (Å²) in [5.74, 6) is -0.836. The second kappa shape index (κ2) is 8.50. The third kappa shape index (κ3) is 4.17. The number of carbonyl (C=O) groups is 2. The molecular formula is C22H21N3O3S. The number of para-hydroxylation sites is 1. The van der Waals surface area contributed by atoms with Crippen LogP contribution >= 0.6 is 11.3 Å². The fourth-order valence-electron chi connectivity index (χ4n) is 3.73. The maximum atomic E-state index is 12.2. The van der Waals surface area contributed by atoms with Crippen molar-refractivity contribution in [3.63, 3.8) is 0 Å². The molecule has 3 aromatic rings. The van der Waals surface area contributed by atoms with Crippen LogP contribution in [-0.2, 0) is 33.6 Å². The number of anilines is 1. The zero-order chi connectivity index (χ0) is 20.2. The topological polar surface area (TPSA) is 95.0 Å². The van der Waals surface area contributed by atoms with Crippen molar-refractivity contribution in [3.05, 3.63) is 52.0 Å². The molecule has 29 heavy (non-hydrogen) atoms. The molecule has 1 amide bonds. The molecule has 1 aliphatic rings. The van der Waals surface area contributed by atoms with Crippen molar-refractivity contribution in [1.82, 2.24) is 4.98 Å². The van der Waals surface area contributed by atoms with Gasteiger partial charge in [0.15, 0.2) is 6.61 Å². The van der Waals surface area contributed by atoms with Gasteiger partial charge < -0.3 is 15.0 Å². The molecule has 2 heterocycles. The molecule has 0 unspecified atom stereocenters. The van der Waals surface area contributed by atoms with E-state index >= 15 is 0 Å². The first-order valence-electron chi connectivity index (χ1n) is 9.71. The number of H-pyrrole nitrogens is 1. The van der Waals surface area contributed by atoms with Crippen molar-refractivity contribution < 1.29 is 14.3 Å². The van der Waals surface area contributed by atoms with E-state index in [1.165, 1.54) is 16.2 Å². The number of aromatic nitrogens is 1. The van der Waals surface area contributed by atoms with Crippen LogP contribution in [0.5, 0.6) is 0 Å². The van der Waals surface area contributed by atoms with Gasteiger partial charge in [-0.1, -0.05) is 18.2 Å². The van der Waals surface area contributed by atoms with Crippen LogP contribution in [0.4, 0.5) is 5.00 Å². The van der Waals surface area contributed by atoms with Gasteiger partial charge in [0.2, 0.25) is 0 Å². The average Bonchev–Trinajstić information content (AvgIpc) is 3.31. The van der Waals surface area contributed by atoms with Crippen LogP contribution < -0.4 is 5.32 Å². The number of aromatic amines is 1. The summed E-state index contributed by atoms with van der Waals surface area (Å²) in [5, 5.41) is 13.8. The average molecular weight is 407 g/mol. The summed E-state index contributed by atoms with van der Waals surface area (Å²) in [5.41, 5.74) is 3.70. The smallest absolute Gasteiger partial charge is 0.306 e. The first kappa shape index (κ1) is 19.2. The predicted molar refractivity (Wildman–Crippen MR) is 112 cm³/mol. The summed E-state index contributed by atoms with van der Waals surface area (Å²) in [7, 11) is 0. The van der Waals surface area contributed by atoms with E-state index < -0.39 is 11.9 Å². The van der Waals surface area contributed by atoms with Crippen molar-refractivity contribution in [2.45, 2.75) is 38.5 Å². The van der Waals surface area contributed by atoms with Gasteiger partial charge in [0.1, 0.15) is 11.1 Å². The largest absolute Gasteiger partial charge is 0.456 e. The van der Waals surface area contributed by atoms with E-state index in [1.54, 1.807) is 0 Å². The van der Waals surface area contributed by atoms with Crippen molar-refractivity contribution in [1.29, 1.82) is 5.26 Å². The maximum Gasteiger partial charge on any atom is 0.306 e. The Morgan fingerprint density at radius 3 is 2.93 bits per heavy atom. The minimum absolute atomic E-state index is 0.200. The van der Waals surface area contributed by atoms with E-state index in [4.69, 9.17) is 4.74 Å². The van der Waals surface area contributed by atoms with Gasteiger partial charge in [0.05, 0.1) is 5.56 Å². The van der Waals surface area contributed by atoms with Crippen molar-refractivity contribution in [2.24, 2.45) is 0 Å². The SMILES string of the molecule is N#Cc1c(NC(=O)COC(=O)CCc2c[nH]c3ccccc23)sc2c1CCCC2. The number of ether oxygens (including phenoxy) is 1. The second-order valence-corrected chi connectivity index (χ2v) is 8.20. The Morgan fingerprint density at radius 2 is 2.07 bits per heavy atom. The van der Waals surface area contributed by atoms with Gasteiger partial charge in [-0.2, -0.15) is 5.26 Å². The van der Waals surface area contributed by atoms with E-state index in [1.807, 2.05) is 30.5 Å². The van der Waals surface area contributed by atoms with Crippen LogP contribution in [0.2, 0.25) is 0 Å². The Balaban J connectivity index is 1.29. The minimum atomic E-state index is -0.420. The fraction of sp³-hybridized carbons (Fsp3) is 0.318. The molecule has 2 N–H and O–H groups in total. The Morgan fingerprint density at radius 1 is 1.24 bits per heavy atom. The van der Waals surface area contributed by atoms with Crippen LogP contribution in [0.25, 0.3) is 10.9 Å². The molecule has 0 saturated heterocycles. The lowest BCUT2D eigenvalue weighted by molar-refractivity contribution is -0.147. The number of benzene rings is 1. The lowest BCUT2D eigenvalue weighted by Gasteiger charge is -2.09. The van der Waals surface area contributed by atoms with Crippen LogP contribution in [-0.4, -0.2) is 23.5 Å². The number of thiophene rings is 1. The molecule has 0 saturated carbocycles. The molecule has 2 aromatic heterocycles. The normalized spacial score (nSPS) is 12.9. The summed E-state index contributed by atoms with van der Waals surface area (Å²) in [4.78, 5) is 28.6. The van der Waals surface area contributed by atoms with Crippen LogP contribution in [0.15, 0.2) is 30.5 Å². The van der Waals surface area contributed by atoms with Crippen molar-refractivity contribution in [2.75, 3.05) is 11.9 Å². The number of nitrogens with zero attached hydrogens (tertiary/aromatic N) is 1. The zero-order valence-corrected chi connectivity index (χ0v) is 16.7. The fourth-order valence-corrected chi connectivity index (χ4v) is 4.98. The molecule has 6 nitrogen and oxygen atoms in total. The zero-order valence-electron chi connectivity index (χ0n) is 15.9. The van der Waals surface area contributed by atoms with Crippen LogP contribution in [0, 0.1) is 11.3 Å². The third-order valence-electron chi connectivity index (χ3n) is 5.17. The van der Waals surface area contributed by atoms with E-state index in [2.05, 4.69) is 16.4 Å². The molecule has 0 aliphatic heterocycles. The standard InChI is InChI=1S/C22H21N3O3S/c23-11-17-16-6-2-4-8-19(16)29-22(17)25-20(26)13-28-21(27)10-9-14-12-24-18-7-3-1-5-15(14)18/h1,3,5,7,12,24H,2,4,6,8-10,13H2,(H,25,26). The molecule has 0 bridgehead atoms. The molecule has 1 aromatic carbocycles. The summed E-state index contributed by atoms with van der Waals surface area (Å²) in [6, 6.07) is 10.1. The summed E-state index contributed by atoms with van der Waals surface area (Å²) in [6.45, 7) is -0.347. The van der Waals surface area contributed by atoms with Gasteiger partial charge in [0, 0.05) is 28.4 Å². The predicted octanol–water partition coefficient (Wildman–Crippen LogP) is 4.09. The van der Waals surface area contributed by atoms with Gasteiger partial charge in [0.25, 0.3) is 5.91 Å². The first-order valence-corrected chi connectivity index (χ1v) is 10.5. The monoisotopic (exact) mass is 407 g/mol. The number of aryl methyl sites for hydroxylation is 2. The molecule has 0 radical (unpaired) electrons. The van der Waals surface area contributed by atoms with Gasteiger partial charge in [-0.05, 0) is 49.3 Å². The molecule has 7 heteroatoms. The minimum Gasteiger partial charge on any atom is -0.456 e. The van der Waals surface area contributed by atoms with E-state index in [-0.39, 0.29) is 13.0 Å². The number of hydrogen-bond donors (Lipinski definition) is 2. The molecule has 148 valence electrons. The highest BCUT2D eigenvalue weighted by Gasteiger charge is 2.22. The van der Waals surface area contributed by atoms with Gasteiger partial charge >= 0.3 is 5.97 Å².